The summed E-state index contributed by atoms with van der Waals surface area (Å²) in [4.78, 5) is 17.9. The van der Waals surface area contributed by atoms with E-state index in [1.165, 1.54) is 12.8 Å². The van der Waals surface area contributed by atoms with Crippen molar-refractivity contribution in [3.05, 3.63) is 58.4 Å². The van der Waals surface area contributed by atoms with Gasteiger partial charge in [0.1, 0.15) is 12.2 Å². The molecule has 134 valence electrons. The number of likely N-dealkylation sites (tertiary alicyclic amines) is 1. The second kappa shape index (κ2) is 6.36. The molecule has 1 unspecified atom stereocenters. The first-order chi connectivity index (χ1) is 12.8. The van der Waals surface area contributed by atoms with Gasteiger partial charge in [0.05, 0.1) is 0 Å². The number of nitrogens with one attached hydrogen (secondary N) is 1. The monoisotopic (exact) mass is 349 g/mol. The lowest BCUT2D eigenvalue weighted by Crippen LogP contribution is -2.36. The Bertz CT molecular complexity index is 987. The zero-order valence-corrected chi connectivity index (χ0v) is 14.8. The van der Waals surface area contributed by atoms with Crippen molar-refractivity contribution in [1.29, 1.82) is 0 Å². The predicted molar refractivity (Wildman–Crippen MR) is 100 cm³/mol. The molecule has 1 N–H and O–H groups in total. The highest BCUT2D eigenvalue weighted by molar-refractivity contribution is 5.78. The molecule has 3 heterocycles. The smallest absolute Gasteiger partial charge is 0.252 e. The second-order valence-corrected chi connectivity index (χ2v) is 7.61. The fourth-order valence-electron chi connectivity index (χ4n) is 4.14. The fourth-order valence-corrected chi connectivity index (χ4v) is 4.14. The van der Waals surface area contributed by atoms with Crippen LogP contribution in [0.5, 0.6) is 0 Å². The summed E-state index contributed by atoms with van der Waals surface area (Å²) in [6, 6.07) is 10.6. The molecule has 1 aromatic carbocycles. The van der Waals surface area contributed by atoms with Crippen LogP contribution >= 0.6 is 0 Å². The van der Waals surface area contributed by atoms with E-state index in [2.05, 4.69) is 24.6 Å². The van der Waals surface area contributed by atoms with E-state index in [9.17, 15) is 4.79 Å². The molecule has 1 aliphatic heterocycles. The zero-order valence-electron chi connectivity index (χ0n) is 14.8. The largest absolute Gasteiger partial charge is 0.322 e. The Balaban J connectivity index is 1.36. The van der Waals surface area contributed by atoms with Crippen molar-refractivity contribution in [1.82, 2.24) is 24.6 Å². The van der Waals surface area contributed by atoms with E-state index in [0.717, 1.165) is 48.2 Å². The van der Waals surface area contributed by atoms with Gasteiger partial charge < -0.3 is 9.55 Å². The van der Waals surface area contributed by atoms with E-state index in [4.69, 9.17) is 0 Å². The summed E-state index contributed by atoms with van der Waals surface area (Å²) in [5.74, 6) is 1.54. The van der Waals surface area contributed by atoms with Crippen molar-refractivity contribution in [3.63, 3.8) is 0 Å². The highest BCUT2D eigenvalue weighted by Gasteiger charge is 2.31. The lowest BCUT2D eigenvalue weighted by Gasteiger charge is -2.32. The van der Waals surface area contributed by atoms with Gasteiger partial charge in [-0.2, -0.15) is 0 Å². The molecular formula is C20H23N5O. The number of aromatic nitrogens is 4. The van der Waals surface area contributed by atoms with E-state index in [0.29, 0.717) is 18.5 Å². The van der Waals surface area contributed by atoms with Crippen LogP contribution in [0.15, 0.2) is 41.5 Å². The number of rotatable bonds is 4. The van der Waals surface area contributed by atoms with Gasteiger partial charge in [-0.1, -0.05) is 18.2 Å². The van der Waals surface area contributed by atoms with Gasteiger partial charge >= 0.3 is 0 Å². The summed E-state index contributed by atoms with van der Waals surface area (Å²) in [5, 5.41) is 9.66. The molecule has 2 fully saturated rings. The van der Waals surface area contributed by atoms with Crippen molar-refractivity contribution in [3.8, 4) is 0 Å². The Labute approximate surface area is 151 Å². The van der Waals surface area contributed by atoms with Gasteiger partial charge in [0, 0.05) is 36.1 Å². The van der Waals surface area contributed by atoms with Crippen LogP contribution in [-0.2, 0) is 6.54 Å². The molecule has 5 rings (SSSR count). The Morgan fingerprint density at radius 2 is 2.08 bits per heavy atom. The standard InChI is InChI=1S/C20H23N5O/c26-20-16(10-14-4-1-2-6-18(14)22-20)12-24-9-3-5-15(11-24)19-23-21-13-25(19)17-7-8-17/h1-2,4,6,10,13,15,17H,3,5,7-9,11-12H2,(H,22,26). The molecule has 26 heavy (non-hydrogen) atoms. The van der Waals surface area contributed by atoms with Gasteiger partial charge in [0.25, 0.3) is 5.56 Å². The lowest BCUT2D eigenvalue weighted by molar-refractivity contribution is 0.194. The maximum Gasteiger partial charge on any atom is 0.252 e. The van der Waals surface area contributed by atoms with Gasteiger partial charge in [-0.3, -0.25) is 9.69 Å². The molecule has 0 bridgehead atoms. The number of aromatic amines is 1. The van der Waals surface area contributed by atoms with Gasteiger partial charge in [-0.25, -0.2) is 0 Å². The number of para-hydroxylation sites is 1. The maximum atomic E-state index is 12.5. The first kappa shape index (κ1) is 15.8. The first-order valence-corrected chi connectivity index (χ1v) is 9.50. The van der Waals surface area contributed by atoms with Gasteiger partial charge in [-0.05, 0) is 49.7 Å². The highest BCUT2D eigenvalue weighted by Crippen LogP contribution is 2.38. The lowest BCUT2D eigenvalue weighted by atomic mass is 9.96. The summed E-state index contributed by atoms with van der Waals surface area (Å²) in [6.45, 7) is 2.66. The predicted octanol–water partition coefficient (Wildman–Crippen LogP) is 2.83. The first-order valence-electron chi connectivity index (χ1n) is 9.50. The van der Waals surface area contributed by atoms with Crippen LogP contribution in [0.3, 0.4) is 0 Å². The number of hydrogen-bond donors (Lipinski definition) is 1. The average Bonchev–Trinajstić information content (AvgIpc) is 3.39. The molecule has 1 saturated heterocycles. The molecule has 1 atom stereocenters. The average molecular weight is 349 g/mol. The highest BCUT2D eigenvalue weighted by atomic mass is 16.1. The molecule has 0 spiro atoms. The number of benzene rings is 1. The number of pyridine rings is 1. The van der Waals surface area contributed by atoms with Gasteiger partial charge in [0.15, 0.2) is 0 Å². The number of piperidine rings is 1. The Kier molecular flexibility index (Phi) is 3.85. The van der Waals surface area contributed by atoms with Crippen LogP contribution in [-0.4, -0.2) is 37.7 Å². The summed E-state index contributed by atoms with van der Waals surface area (Å²) in [5.41, 5.74) is 1.76. The normalized spacial score (nSPS) is 21.3. The molecule has 3 aromatic rings. The molecule has 6 nitrogen and oxygen atoms in total. The number of nitrogens with zero attached hydrogens (tertiary/aromatic N) is 4. The van der Waals surface area contributed by atoms with Crippen LogP contribution in [0, 0.1) is 0 Å². The molecule has 0 radical (unpaired) electrons. The van der Waals surface area contributed by atoms with E-state index in [1.54, 1.807) is 0 Å². The second-order valence-electron chi connectivity index (χ2n) is 7.61. The number of hydrogen-bond acceptors (Lipinski definition) is 4. The minimum absolute atomic E-state index is 0.0203. The van der Waals surface area contributed by atoms with Crippen LogP contribution in [0.25, 0.3) is 10.9 Å². The van der Waals surface area contributed by atoms with Crippen molar-refractivity contribution in [2.24, 2.45) is 0 Å². The molecule has 2 aromatic heterocycles. The number of H-pyrrole nitrogens is 1. The molecule has 1 saturated carbocycles. The van der Waals surface area contributed by atoms with Crippen molar-refractivity contribution >= 4 is 10.9 Å². The minimum atomic E-state index is 0.0203. The van der Waals surface area contributed by atoms with Gasteiger partial charge in [0.2, 0.25) is 0 Å². The molecule has 6 heteroatoms. The van der Waals surface area contributed by atoms with E-state index < -0.39 is 0 Å². The minimum Gasteiger partial charge on any atom is -0.322 e. The van der Waals surface area contributed by atoms with Crippen LogP contribution in [0.1, 0.15) is 49.0 Å². The van der Waals surface area contributed by atoms with E-state index >= 15 is 0 Å². The van der Waals surface area contributed by atoms with Crippen molar-refractivity contribution in [2.75, 3.05) is 13.1 Å². The zero-order chi connectivity index (χ0) is 17.5. The summed E-state index contributed by atoms with van der Waals surface area (Å²) in [7, 11) is 0. The van der Waals surface area contributed by atoms with Gasteiger partial charge in [-0.15, -0.1) is 10.2 Å². The fraction of sp³-hybridized carbons (Fsp3) is 0.450. The van der Waals surface area contributed by atoms with E-state index in [-0.39, 0.29) is 5.56 Å². The maximum absolute atomic E-state index is 12.5. The third-order valence-corrected chi connectivity index (χ3v) is 5.64. The van der Waals surface area contributed by atoms with Crippen LogP contribution in [0.4, 0.5) is 0 Å². The van der Waals surface area contributed by atoms with Crippen LogP contribution in [0.2, 0.25) is 0 Å². The summed E-state index contributed by atoms with van der Waals surface area (Å²) < 4.78 is 2.27. The Morgan fingerprint density at radius 3 is 2.96 bits per heavy atom. The van der Waals surface area contributed by atoms with Crippen LogP contribution < -0.4 is 5.56 Å². The SMILES string of the molecule is O=c1[nH]c2ccccc2cc1CN1CCCC(c2nncn2C2CC2)C1. The molecular weight excluding hydrogens is 326 g/mol. The topological polar surface area (TPSA) is 66.8 Å². The van der Waals surface area contributed by atoms with Crippen molar-refractivity contribution < 1.29 is 0 Å². The molecule has 1 aliphatic carbocycles. The summed E-state index contributed by atoms with van der Waals surface area (Å²) in [6.07, 6.45) is 6.66. The quantitative estimate of drug-likeness (QED) is 0.786. The Hall–Kier alpha value is -2.47. The third-order valence-electron chi connectivity index (χ3n) is 5.64. The molecule has 2 aliphatic rings. The third kappa shape index (κ3) is 2.94. The Morgan fingerprint density at radius 1 is 1.19 bits per heavy atom. The van der Waals surface area contributed by atoms with Crippen molar-refractivity contribution in [2.45, 2.75) is 44.2 Å². The summed E-state index contributed by atoms with van der Waals surface area (Å²) >= 11 is 0. The van der Waals surface area contributed by atoms with E-state index in [1.807, 2.05) is 36.7 Å². The number of fused-ring (bicyclic) bond motifs is 1. The molecule has 0 amide bonds.